The Balaban J connectivity index is 1.40. The molecule has 0 bridgehead atoms. The number of aromatic nitrogens is 6. The molecule has 0 fully saturated rings. The van der Waals surface area contributed by atoms with Gasteiger partial charge in [-0.3, -0.25) is 4.79 Å². The fraction of sp³-hybridized carbons (Fsp3) is 0.150. The molecule has 4 rings (SSSR count). The van der Waals surface area contributed by atoms with E-state index in [1.54, 1.807) is 28.4 Å². The van der Waals surface area contributed by atoms with Crippen LogP contribution in [0.1, 0.15) is 27.4 Å². The first-order valence-electron chi connectivity index (χ1n) is 8.99. The summed E-state index contributed by atoms with van der Waals surface area (Å²) in [5, 5.41) is 19.7. The van der Waals surface area contributed by atoms with Crippen molar-refractivity contribution in [3.8, 4) is 5.69 Å². The van der Waals surface area contributed by atoms with E-state index in [4.69, 9.17) is 11.6 Å². The molecule has 0 saturated heterocycles. The molecule has 0 saturated carbocycles. The number of carbonyl (C=O) groups is 1. The molecule has 1 N–H and O–H groups in total. The summed E-state index contributed by atoms with van der Waals surface area (Å²) in [4.78, 5) is 12.5. The van der Waals surface area contributed by atoms with Crippen LogP contribution in [0.25, 0.3) is 5.69 Å². The minimum Gasteiger partial charge on any atom is -0.345 e. The second-order valence-electron chi connectivity index (χ2n) is 6.49. The standard InChI is InChI=1S/C20H18ClN7O/c1-14-19(24-26-28(14)18-9-7-16(21)8-10-18)20(29)22-11-17-13-27(25-23-17)12-15-5-3-2-4-6-15/h2-10,13H,11-12H2,1H3,(H,22,29). The van der Waals surface area contributed by atoms with Gasteiger partial charge in [-0.15, -0.1) is 10.2 Å². The van der Waals surface area contributed by atoms with Gasteiger partial charge in [0.25, 0.3) is 5.91 Å². The number of nitrogens with one attached hydrogen (secondary N) is 1. The summed E-state index contributed by atoms with van der Waals surface area (Å²) in [6.45, 7) is 2.66. The zero-order chi connectivity index (χ0) is 20.2. The molecule has 1 amide bonds. The van der Waals surface area contributed by atoms with Gasteiger partial charge in [0.2, 0.25) is 0 Å². The van der Waals surface area contributed by atoms with Crippen LogP contribution in [-0.2, 0) is 13.1 Å². The van der Waals surface area contributed by atoms with Gasteiger partial charge in [0.05, 0.1) is 30.7 Å². The first-order valence-corrected chi connectivity index (χ1v) is 9.37. The molecule has 0 atom stereocenters. The molecule has 4 aromatic rings. The van der Waals surface area contributed by atoms with Crippen molar-refractivity contribution in [1.82, 2.24) is 35.3 Å². The summed E-state index contributed by atoms with van der Waals surface area (Å²) >= 11 is 5.92. The van der Waals surface area contributed by atoms with Gasteiger partial charge in [-0.2, -0.15) is 0 Å². The van der Waals surface area contributed by atoms with Crippen molar-refractivity contribution in [2.45, 2.75) is 20.0 Å². The van der Waals surface area contributed by atoms with Crippen molar-refractivity contribution in [3.05, 3.63) is 88.5 Å². The highest BCUT2D eigenvalue weighted by Crippen LogP contribution is 2.15. The number of amides is 1. The van der Waals surface area contributed by atoms with Gasteiger partial charge < -0.3 is 5.32 Å². The van der Waals surface area contributed by atoms with E-state index in [9.17, 15) is 4.79 Å². The Morgan fingerprint density at radius 2 is 1.79 bits per heavy atom. The molecule has 0 aliphatic heterocycles. The van der Waals surface area contributed by atoms with Crippen LogP contribution >= 0.6 is 11.6 Å². The minimum absolute atomic E-state index is 0.251. The van der Waals surface area contributed by atoms with Crippen LogP contribution < -0.4 is 5.32 Å². The van der Waals surface area contributed by atoms with E-state index in [-0.39, 0.29) is 18.1 Å². The fourth-order valence-corrected chi connectivity index (χ4v) is 3.01. The van der Waals surface area contributed by atoms with Gasteiger partial charge in [-0.25, -0.2) is 9.36 Å². The van der Waals surface area contributed by atoms with Crippen LogP contribution in [0.5, 0.6) is 0 Å². The van der Waals surface area contributed by atoms with Crippen LogP contribution in [0.15, 0.2) is 60.8 Å². The summed E-state index contributed by atoms with van der Waals surface area (Å²) in [6.07, 6.45) is 1.81. The summed E-state index contributed by atoms with van der Waals surface area (Å²) < 4.78 is 3.33. The summed E-state index contributed by atoms with van der Waals surface area (Å²) in [5.41, 5.74) is 3.47. The molecule has 8 nitrogen and oxygen atoms in total. The number of rotatable bonds is 6. The van der Waals surface area contributed by atoms with E-state index in [1.807, 2.05) is 48.7 Å². The van der Waals surface area contributed by atoms with E-state index in [0.29, 0.717) is 23.0 Å². The highest BCUT2D eigenvalue weighted by molar-refractivity contribution is 6.30. The van der Waals surface area contributed by atoms with Gasteiger partial charge in [0.15, 0.2) is 5.69 Å². The Bertz CT molecular complexity index is 1120. The van der Waals surface area contributed by atoms with E-state index in [0.717, 1.165) is 11.3 Å². The molecule has 0 unspecified atom stereocenters. The van der Waals surface area contributed by atoms with Gasteiger partial charge in [0.1, 0.15) is 5.69 Å². The zero-order valence-corrected chi connectivity index (χ0v) is 16.4. The number of carbonyl (C=O) groups excluding carboxylic acids is 1. The zero-order valence-electron chi connectivity index (χ0n) is 15.7. The Morgan fingerprint density at radius 3 is 2.55 bits per heavy atom. The maximum absolute atomic E-state index is 12.5. The Labute approximate surface area is 172 Å². The lowest BCUT2D eigenvalue weighted by Crippen LogP contribution is -2.24. The lowest BCUT2D eigenvalue weighted by atomic mass is 10.2. The fourth-order valence-electron chi connectivity index (χ4n) is 2.89. The van der Waals surface area contributed by atoms with Crippen LogP contribution in [0.4, 0.5) is 0 Å². The molecular formula is C20H18ClN7O. The van der Waals surface area contributed by atoms with Crippen molar-refractivity contribution in [3.63, 3.8) is 0 Å². The number of hydrogen-bond donors (Lipinski definition) is 1. The quantitative estimate of drug-likeness (QED) is 0.530. The summed E-state index contributed by atoms with van der Waals surface area (Å²) in [7, 11) is 0. The summed E-state index contributed by atoms with van der Waals surface area (Å²) in [5.74, 6) is -0.319. The van der Waals surface area contributed by atoms with Crippen molar-refractivity contribution < 1.29 is 4.79 Å². The first kappa shape index (κ1) is 18.8. The van der Waals surface area contributed by atoms with Crippen molar-refractivity contribution in [2.24, 2.45) is 0 Å². The highest BCUT2D eigenvalue weighted by atomic mass is 35.5. The molecule has 29 heavy (non-hydrogen) atoms. The van der Waals surface area contributed by atoms with E-state index >= 15 is 0 Å². The third-order valence-corrected chi connectivity index (χ3v) is 4.64. The SMILES string of the molecule is Cc1c(C(=O)NCc2cn(Cc3ccccc3)nn2)nnn1-c1ccc(Cl)cc1. The van der Waals surface area contributed by atoms with Crippen LogP contribution in [0.2, 0.25) is 5.02 Å². The third-order valence-electron chi connectivity index (χ3n) is 4.38. The maximum atomic E-state index is 12.5. The molecule has 0 spiro atoms. The summed E-state index contributed by atoms with van der Waals surface area (Å²) in [6, 6.07) is 17.1. The highest BCUT2D eigenvalue weighted by Gasteiger charge is 2.17. The number of halogens is 1. The molecule has 2 aromatic carbocycles. The van der Waals surface area contributed by atoms with Gasteiger partial charge in [-0.1, -0.05) is 52.4 Å². The predicted octanol–water partition coefficient (Wildman–Crippen LogP) is 2.80. The lowest BCUT2D eigenvalue weighted by Gasteiger charge is -2.04. The van der Waals surface area contributed by atoms with E-state index in [2.05, 4.69) is 25.9 Å². The average molecular weight is 408 g/mol. The molecular weight excluding hydrogens is 390 g/mol. The predicted molar refractivity (Wildman–Crippen MR) is 108 cm³/mol. The molecule has 2 heterocycles. The Kier molecular flexibility index (Phi) is 5.35. The molecule has 0 radical (unpaired) electrons. The van der Waals surface area contributed by atoms with E-state index in [1.165, 1.54) is 0 Å². The first-order chi connectivity index (χ1) is 14.1. The molecule has 146 valence electrons. The van der Waals surface area contributed by atoms with Crippen molar-refractivity contribution in [2.75, 3.05) is 0 Å². The third kappa shape index (κ3) is 4.33. The molecule has 2 aromatic heterocycles. The van der Waals surface area contributed by atoms with Gasteiger partial charge in [0, 0.05) is 5.02 Å². The monoisotopic (exact) mass is 407 g/mol. The Morgan fingerprint density at radius 1 is 1.03 bits per heavy atom. The number of hydrogen-bond acceptors (Lipinski definition) is 5. The molecule has 0 aliphatic carbocycles. The molecule has 0 aliphatic rings. The smallest absolute Gasteiger partial charge is 0.274 e. The largest absolute Gasteiger partial charge is 0.345 e. The topological polar surface area (TPSA) is 90.5 Å². The Hall–Kier alpha value is -3.52. The molecule has 9 heteroatoms. The van der Waals surface area contributed by atoms with Gasteiger partial charge in [-0.05, 0) is 36.8 Å². The van der Waals surface area contributed by atoms with Crippen LogP contribution in [-0.4, -0.2) is 35.9 Å². The van der Waals surface area contributed by atoms with Gasteiger partial charge >= 0.3 is 0 Å². The minimum atomic E-state index is -0.319. The normalized spacial score (nSPS) is 10.8. The van der Waals surface area contributed by atoms with E-state index < -0.39 is 0 Å². The average Bonchev–Trinajstić information content (AvgIpc) is 3.34. The second-order valence-corrected chi connectivity index (χ2v) is 6.92. The maximum Gasteiger partial charge on any atom is 0.274 e. The second kappa shape index (κ2) is 8.24. The lowest BCUT2D eigenvalue weighted by molar-refractivity contribution is 0.0944. The van der Waals surface area contributed by atoms with Crippen LogP contribution in [0.3, 0.4) is 0 Å². The van der Waals surface area contributed by atoms with Crippen LogP contribution in [0, 0.1) is 6.92 Å². The number of benzene rings is 2. The van der Waals surface area contributed by atoms with Crippen molar-refractivity contribution >= 4 is 17.5 Å². The van der Waals surface area contributed by atoms with Crippen molar-refractivity contribution in [1.29, 1.82) is 0 Å². The number of nitrogens with zero attached hydrogens (tertiary/aromatic N) is 6.